The van der Waals surface area contributed by atoms with E-state index in [1.807, 2.05) is 0 Å². The van der Waals surface area contributed by atoms with E-state index in [1.54, 1.807) is 12.1 Å². The van der Waals surface area contributed by atoms with Crippen LogP contribution in [-0.4, -0.2) is 77.3 Å². The second-order valence-corrected chi connectivity index (χ2v) is 8.21. The Bertz CT molecular complexity index is 955. The van der Waals surface area contributed by atoms with E-state index in [0.717, 1.165) is 25.7 Å². The van der Waals surface area contributed by atoms with Crippen molar-refractivity contribution in [1.29, 1.82) is 0 Å². The van der Waals surface area contributed by atoms with Crippen LogP contribution in [0.15, 0.2) is 12.1 Å². The molecule has 2 aromatic heterocycles. The summed E-state index contributed by atoms with van der Waals surface area (Å²) in [6.45, 7) is 0.0629. The van der Waals surface area contributed by atoms with Gasteiger partial charge < -0.3 is 30.7 Å². The van der Waals surface area contributed by atoms with E-state index in [2.05, 4.69) is 36.2 Å². The number of hydrogen-bond acceptors (Lipinski definition) is 7. The lowest BCUT2D eigenvalue weighted by Gasteiger charge is -2.24. The van der Waals surface area contributed by atoms with Crippen LogP contribution in [0.5, 0.6) is 0 Å². The van der Waals surface area contributed by atoms with Crippen molar-refractivity contribution in [3.63, 3.8) is 0 Å². The maximum Gasteiger partial charge on any atom is 0.405 e. The highest BCUT2D eigenvalue weighted by atomic mass is 16.4. The van der Waals surface area contributed by atoms with Crippen LogP contribution in [0, 0.1) is 5.92 Å². The number of rotatable bonds is 7. The quantitative estimate of drug-likeness (QED) is 0.340. The number of carbonyl (C=O) groups is 3. The van der Waals surface area contributed by atoms with Crippen LogP contribution in [0.25, 0.3) is 0 Å². The van der Waals surface area contributed by atoms with Crippen LogP contribution in [0.4, 0.5) is 4.79 Å². The number of hydrogen-bond donors (Lipinski definition) is 6. The zero-order chi connectivity index (χ0) is 22.7. The third-order valence-electron chi connectivity index (χ3n) is 6.08. The molecule has 6 N–H and O–H groups in total. The number of likely N-dealkylation sites (tertiary alicyclic amines) is 1. The van der Waals surface area contributed by atoms with E-state index in [-0.39, 0.29) is 31.1 Å². The molecule has 2 aliphatic rings. The number of nitrogens with zero attached hydrogens (tertiary/aromatic N) is 4. The van der Waals surface area contributed by atoms with E-state index in [1.165, 1.54) is 4.90 Å². The molecule has 13 heteroatoms. The number of H-pyrrole nitrogens is 2. The lowest BCUT2D eigenvalue weighted by atomic mass is 9.95. The Morgan fingerprint density at radius 1 is 1.25 bits per heavy atom. The molecule has 172 valence electrons. The number of nitrogens with one attached hydrogen (secondary N) is 4. The molecule has 0 spiro atoms. The van der Waals surface area contributed by atoms with E-state index in [0.29, 0.717) is 11.5 Å². The Balaban J connectivity index is 1.46. The van der Waals surface area contributed by atoms with Gasteiger partial charge in [-0.15, -0.1) is 10.2 Å². The third-order valence-corrected chi connectivity index (χ3v) is 6.08. The fourth-order valence-electron chi connectivity index (χ4n) is 4.57. The number of aromatic nitrogens is 5. The first-order valence-electron chi connectivity index (χ1n) is 10.6. The Morgan fingerprint density at radius 3 is 2.72 bits per heavy atom. The molecule has 0 aromatic carbocycles. The summed E-state index contributed by atoms with van der Waals surface area (Å²) in [6.07, 6.45) is 2.08. The summed E-state index contributed by atoms with van der Waals surface area (Å²) >= 11 is 0. The molecule has 13 nitrogen and oxygen atoms in total. The molecule has 1 aliphatic heterocycles. The third kappa shape index (κ3) is 4.72. The molecule has 32 heavy (non-hydrogen) atoms. The molecule has 2 aromatic rings. The summed E-state index contributed by atoms with van der Waals surface area (Å²) in [7, 11) is 0. The molecule has 3 atom stereocenters. The van der Waals surface area contributed by atoms with Gasteiger partial charge in [0, 0.05) is 18.7 Å². The van der Waals surface area contributed by atoms with Crippen LogP contribution in [-0.2, 0) is 11.3 Å². The zero-order valence-electron chi connectivity index (χ0n) is 17.3. The molecule has 2 fully saturated rings. The minimum atomic E-state index is -1.12. The first-order chi connectivity index (χ1) is 15.4. The van der Waals surface area contributed by atoms with Gasteiger partial charge in [-0.3, -0.25) is 9.59 Å². The summed E-state index contributed by atoms with van der Waals surface area (Å²) in [5.41, 5.74) is 0.848. The smallest absolute Gasteiger partial charge is 0.405 e. The maximum atomic E-state index is 13.1. The standard InChI is InChI=1S/C19H26N8O5/c28-11-7-14(17(29)20-8-15-23-25-26-24-15)27(9-11)18(30)13-6-5-12(21-13)16(22-19(31)32)10-3-1-2-4-10/h5-6,10-11,14,16,21-22,28H,1-4,7-9H2,(H,20,29)(H,31,32)(H,23,24,25,26)/t11-,14-,16-/m0/s1. The van der Waals surface area contributed by atoms with Gasteiger partial charge in [-0.25, -0.2) is 4.79 Å². The number of aliphatic hydroxyl groups is 1. The number of carbonyl (C=O) groups excluding carboxylic acids is 2. The van der Waals surface area contributed by atoms with Crippen molar-refractivity contribution < 1.29 is 24.6 Å². The summed E-state index contributed by atoms with van der Waals surface area (Å²) in [5.74, 6) is -0.409. The van der Waals surface area contributed by atoms with Crippen molar-refractivity contribution in [2.24, 2.45) is 5.92 Å². The Kier molecular flexibility index (Phi) is 6.35. The largest absolute Gasteiger partial charge is 0.465 e. The van der Waals surface area contributed by atoms with Gasteiger partial charge in [0.25, 0.3) is 5.91 Å². The Labute approximate surface area is 183 Å². The molecule has 0 bridgehead atoms. The van der Waals surface area contributed by atoms with Gasteiger partial charge in [-0.2, -0.15) is 5.21 Å². The van der Waals surface area contributed by atoms with Crippen molar-refractivity contribution >= 4 is 17.9 Å². The number of aliphatic hydroxyl groups excluding tert-OH is 1. The summed E-state index contributed by atoms with van der Waals surface area (Å²) in [4.78, 5) is 41.5. The van der Waals surface area contributed by atoms with Crippen molar-refractivity contribution in [3.8, 4) is 0 Å². The van der Waals surface area contributed by atoms with E-state index >= 15 is 0 Å². The van der Waals surface area contributed by atoms with Crippen LogP contribution >= 0.6 is 0 Å². The summed E-state index contributed by atoms with van der Waals surface area (Å²) in [5, 5.41) is 37.8. The number of amides is 3. The monoisotopic (exact) mass is 446 g/mol. The van der Waals surface area contributed by atoms with Crippen molar-refractivity contribution in [3.05, 3.63) is 29.3 Å². The first-order valence-corrected chi connectivity index (χ1v) is 10.6. The number of carboxylic acid groups (broad SMARTS) is 1. The van der Waals surface area contributed by atoms with Gasteiger partial charge in [-0.1, -0.05) is 18.1 Å². The Hall–Kier alpha value is -3.48. The average Bonchev–Trinajstić information content (AvgIpc) is 3.56. The van der Waals surface area contributed by atoms with Gasteiger partial charge in [0.15, 0.2) is 5.82 Å². The molecule has 3 amide bonds. The van der Waals surface area contributed by atoms with Crippen LogP contribution < -0.4 is 10.6 Å². The fourth-order valence-corrected chi connectivity index (χ4v) is 4.57. The van der Waals surface area contributed by atoms with Gasteiger partial charge in [0.05, 0.1) is 18.7 Å². The molecule has 0 unspecified atom stereocenters. The second kappa shape index (κ2) is 9.34. The second-order valence-electron chi connectivity index (χ2n) is 8.21. The van der Waals surface area contributed by atoms with Crippen LogP contribution in [0.1, 0.15) is 60.2 Å². The molecule has 4 rings (SSSR count). The van der Waals surface area contributed by atoms with Crippen molar-refractivity contribution in [2.75, 3.05) is 6.54 Å². The molecule has 3 heterocycles. The number of tetrazole rings is 1. The van der Waals surface area contributed by atoms with Crippen LogP contribution in [0.3, 0.4) is 0 Å². The van der Waals surface area contributed by atoms with E-state index < -0.39 is 36.1 Å². The van der Waals surface area contributed by atoms with Gasteiger partial charge >= 0.3 is 6.09 Å². The lowest BCUT2D eigenvalue weighted by Crippen LogP contribution is -2.46. The topological polar surface area (TPSA) is 189 Å². The summed E-state index contributed by atoms with van der Waals surface area (Å²) in [6, 6.07) is 2.00. The SMILES string of the molecule is O=C(O)N[C@H](c1ccc(C(=O)N2C[C@@H](O)C[C@H]2C(=O)NCc2nn[nH]n2)[nH]1)C1CCCC1. The molecular formula is C19H26N8O5. The van der Waals surface area contributed by atoms with Gasteiger partial charge in [0.1, 0.15) is 11.7 Å². The molecule has 1 saturated carbocycles. The fraction of sp³-hybridized carbons (Fsp3) is 0.579. The minimum Gasteiger partial charge on any atom is -0.465 e. The predicted octanol–water partition coefficient (Wildman–Crippen LogP) is -0.0815. The highest BCUT2D eigenvalue weighted by molar-refractivity contribution is 5.96. The highest BCUT2D eigenvalue weighted by Crippen LogP contribution is 2.35. The predicted molar refractivity (Wildman–Crippen MR) is 108 cm³/mol. The van der Waals surface area contributed by atoms with Crippen molar-refractivity contribution in [1.82, 2.24) is 41.1 Å². The molecule has 1 aliphatic carbocycles. The number of aromatic amines is 2. The summed E-state index contributed by atoms with van der Waals surface area (Å²) < 4.78 is 0. The van der Waals surface area contributed by atoms with E-state index in [9.17, 15) is 24.6 Å². The maximum absolute atomic E-state index is 13.1. The lowest BCUT2D eigenvalue weighted by molar-refractivity contribution is -0.125. The van der Waals surface area contributed by atoms with Gasteiger partial charge in [-0.05, 0) is 30.9 Å². The molecular weight excluding hydrogens is 420 g/mol. The number of β-amino-alcohol motifs (C(OH)–C–C–N with tert-alkyl or cyclic N) is 1. The molecule has 1 saturated heterocycles. The van der Waals surface area contributed by atoms with Crippen LogP contribution in [0.2, 0.25) is 0 Å². The minimum absolute atomic E-state index is 0.0207. The first kappa shape index (κ1) is 21.7. The van der Waals surface area contributed by atoms with Crippen molar-refractivity contribution in [2.45, 2.75) is 56.8 Å². The zero-order valence-corrected chi connectivity index (χ0v) is 17.3. The van der Waals surface area contributed by atoms with Gasteiger partial charge in [0.2, 0.25) is 5.91 Å². The van der Waals surface area contributed by atoms with E-state index in [4.69, 9.17) is 0 Å². The average molecular weight is 446 g/mol. The normalized spacial score (nSPS) is 22.1. The Morgan fingerprint density at radius 2 is 2.03 bits per heavy atom. The molecule has 0 radical (unpaired) electrons. The highest BCUT2D eigenvalue weighted by Gasteiger charge is 2.40.